The van der Waals surface area contributed by atoms with Gasteiger partial charge in [0.05, 0.1) is 5.02 Å². The zero-order chi connectivity index (χ0) is 11.8. The Bertz CT molecular complexity index is 412. The van der Waals surface area contributed by atoms with E-state index in [2.05, 4.69) is 10.2 Å². The Morgan fingerprint density at radius 3 is 2.59 bits per heavy atom. The Morgan fingerprint density at radius 1 is 1.24 bits per heavy atom. The van der Waals surface area contributed by atoms with E-state index < -0.39 is 0 Å². The number of fused-ring (bicyclic) bond motifs is 2. The first-order valence-electron chi connectivity index (χ1n) is 6.13. The molecule has 1 N–H and O–H groups in total. The summed E-state index contributed by atoms with van der Waals surface area (Å²) in [7, 11) is 0. The standard InChI is InChI=1S/C13H16ClFN2/c14-12-4-11(1-2-13(12)15)17-7-9-3-10(8-17)6-16-5-9/h1-2,4,9-10,16H,3,5-8H2. The van der Waals surface area contributed by atoms with Gasteiger partial charge in [-0.3, -0.25) is 0 Å². The average Bonchev–Trinajstić information content (AvgIpc) is 2.32. The van der Waals surface area contributed by atoms with E-state index in [-0.39, 0.29) is 10.8 Å². The maximum Gasteiger partial charge on any atom is 0.141 e. The maximum absolute atomic E-state index is 13.1. The highest BCUT2D eigenvalue weighted by molar-refractivity contribution is 6.31. The molecule has 0 saturated carbocycles. The first-order chi connectivity index (χ1) is 8.22. The second-order valence-electron chi connectivity index (χ2n) is 5.13. The van der Waals surface area contributed by atoms with Gasteiger partial charge in [-0.1, -0.05) is 11.6 Å². The normalized spacial score (nSPS) is 28.2. The molecule has 2 aliphatic heterocycles. The van der Waals surface area contributed by atoms with Crippen LogP contribution in [0, 0.1) is 17.7 Å². The topological polar surface area (TPSA) is 15.3 Å². The molecule has 3 rings (SSSR count). The van der Waals surface area contributed by atoms with Gasteiger partial charge in [-0.15, -0.1) is 0 Å². The average molecular weight is 255 g/mol. The number of rotatable bonds is 1. The molecule has 2 saturated heterocycles. The van der Waals surface area contributed by atoms with E-state index in [0.29, 0.717) is 11.8 Å². The predicted molar refractivity (Wildman–Crippen MR) is 68.1 cm³/mol. The van der Waals surface area contributed by atoms with Gasteiger partial charge in [-0.25, -0.2) is 4.39 Å². The van der Waals surface area contributed by atoms with Crippen molar-refractivity contribution in [3.05, 3.63) is 29.0 Å². The van der Waals surface area contributed by atoms with Gasteiger partial charge in [0.1, 0.15) is 5.82 Å². The minimum atomic E-state index is -0.339. The third kappa shape index (κ3) is 2.26. The number of anilines is 1. The highest BCUT2D eigenvalue weighted by Gasteiger charge is 2.30. The fraction of sp³-hybridized carbons (Fsp3) is 0.538. The monoisotopic (exact) mass is 254 g/mol. The Hall–Kier alpha value is -0.800. The summed E-state index contributed by atoms with van der Waals surface area (Å²) in [5, 5.41) is 3.69. The third-order valence-electron chi connectivity index (χ3n) is 3.76. The van der Waals surface area contributed by atoms with Crippen molar-refractivity contribution in [1.82, 2.24) is 5.32 Å². The second kappa shape index (κ2) is 4.46. The van der Waals surface area contributed by atoms with E-state index in [1.807, 2.05) is 6.07 Å². The number of halogens is 2. The number of hydrogen-bond acceptors (Lipinski definition) is 2. The lowest BCUT2D eigenvalue weighted by molar-refractivity contribution is 0.250. The smallest absolute Gasteiger partial charge is 0.141 e. The van der Waals surface area contributed by atoms with Crippen LogP contribution in [0.25, 0.3) is 0 Å². The van der Waals surface area contributed by atoms with Gasteiger partial charge >= 0.3 is 0 Å². The number of hydrogen-bond donors (Lipinski definition) is 1. The summed E-state index contributed by atoms with van der Waals surface area (Å²) in [4.78, 5) is 2.34. The predicted octanol–water partition coefficient (Wildman–Crippen LogP) is 2.52. The maximum atomic E-state index is 13.1. The van der Waals surface area contributed by atoms with Crippen LogP contribution in [0.15, 0.2) is 18.2 Å². The molecule has 1 aromatic carbocycles. The van der Waals surface area contributed by atoms with Gasteiger partial charge in [0, 0.05) is 18.8 Å². The molecule has 2 nitrogen and oxygen atoms in total. The lowest BCUT2D eigenvalue weighted by Gasteiger charge is -2.42. The highest BCUT2D eigenvalue weighted by atomic mass is 35.5. The molecule has 2 aliphatic rings. The number of nitrogens with one attached hydrogen (secondary N) is 1. The Morgan fingerprint density at radius 2 is 1.94 bits per heavy atom. The van der Waals surface area contributed by atoms with E-state index in [1.54, 1.807) is 6.07 Å². The van der Waals surface area contributed by atoms with Crippen LogP contribution in [-0.4, -0.2) is 26.2 Å². The molecule has 2 bridgehead atoms. The van der Waals surface area contributed by atoms with Gasteiger partial charge in [-0.05, 0) is 49.5 Å². The summed E-state index contributed by atoms with van der Waals surface area (Å²) >= 11 is 5.84. The summed E-state index contributed by atoms with van der Waals surface area (Å²) < 4.78 is 13.1. The van der Waals surface area contributed by atoms with Gasteiger partial charge in [0.2, 0.25) is 0 Å². The molecule has 0 aliphatic carbocycles. The van der Waals surface area contributed by atoms with Gasteiger partial charge in [-0.2, -0.15) is 0 Å². The summed E-state index contributed by atoms with van der Waals surface area (Å²) in [5.74, 6) is 1.09. The van der Waals surface area contributed by atoms with Crippen LogP contribution in [0.5, 0.6) is 0 Å². The summed E-state index contributed by atoms with van der Waals surface area (Å²) in [6.45, 7) is 4.29. The van der Waals surface area contributed by atoms with Crippen molar-refractivity contribution in [2.75, 3.05) is 31.1 Å². The van der Waals surface area contributed by atoms with Gasteiger partial charge in [0.15, 0.2) is 0 Å². The van der Waals surface area contributed by atoms with Crippen LogP contribution in [0.2, 0.25) is 5.02 Å². The fourth-order valence-corrected chi connectivity index (χ4v) is 3.17. The number of nitrogens with zero attached hydrogens (tertiary/aromatic N) is 1. The van der Waals surface area contributed by atoms with Crippen molar-refractivity contribution in [2.24, 2.45) is 11.8 Å². The molecule has 0 radical (unpaired) electrons. The third-order valence-corrected chi connectivity index (χ3v) is 4.05. The first kappa shape index (κ1) is 11.3. The molecule has 2 atom stereocenters. The van der Waals surface area contributed by atoms with Crippen molar-refractivity contribution in [3.63, 3.8) is 0 Å². The number of benzene rings is 1. The van der Waals surface area contributed by atoms with E-state index in [9.17, 15) is 4.39 Å². The van der Waals surface area contributed by atoms with Crippen LogP contribution >= 0.6 is 11.6 Å². The molecule has 1 aromatic rings. The molecule has 92 valence electrons. The Balaban J connectivity index is 1.81. The van der Waals surface area contributed by atoms with Crippen molar-refractivity contribution < 1.29 is 4.39 Å². The molecule has 2 heterocycles. The van der Waals surface area contributed by atoms with Crippen LogP contribution in [0.4, 0.5) is 10.1 Å². The molecule has 0 spiro atoms. The molecule has 2 unspecified atom stereocenters. The second-order valence-corrected chi connectivity index (χ2v) is 5.54. The molecule has 0 aromatic heterocycles. The van der Waals surface area contributed by atoms with Crippen LogP contribution < -0.4 is 10.2 Å². The quantitative estimate of drug-likeness (QED) is 0.829. The van der Waals surface area contributed by atoms with E-state index in [0.717, 1.165) is 31.9 Å². The van der Waals surface area contributed by atoms with Crippen molar-refractivity contribution in [3.8, 4) is 0 Å². The highest BCUT2D eigenvalue weighted by Crippen LogP contribution is 2.30. The SMILES string of the molecule is Fc1ccc(N2CC3CNCC(C3)C2)cc1Cl. The lowest BCUT2D eigenvalue weighted by Crippen LogP contribution is -2.51. The zero-order valence-electron chi connectivity index (χ0n) is 9.63. The molecule has 4 heteroatoms. The summed E-state index contributed by atoms with van der Waals surface area (Å²) in [5.41, 5.74) is 1.05. The van der Waals surface area contributed by atoms with Crippen LogP contribution in [0.1, 0.15) is 6.42 Å². The molecular formula is C13H16ClFN2. The van der Waals surface area contributed by atoms with E-state index in [4.69, 9.17) is 11.6 Å². The molecular weight excluding hydrogens is 239 g/mol. The minimum Gasteiger partial charge on any atom is -0.371 e. The summed E-state index contributed by atoms with van der Waals surface area (Å²) in [6.07, 6.45) is 1.32. The Labute approximate surface area is 106 Å². The molecule has 17 heavy (non-hydrogen) atoms. The van der Waals surface area contributed by atoms with E-state index >= 15 is 0 Å². The van der Waals surface area contributed by atoms with Crippen molar-refractivity contribution in [2.45, 2.75) is 6.42 Å². The van der Waals surface area contributed by atoms with Crippen molar-refractivity contribution >= 4 is 17.3 Å². The minimum absolute atomic E-state index is 0.219. The molecule has 0 amide bonds. The first-order valence-corrected chi connectivity index (χ1v) is 6.51. The lowest BCUT2D eigenvalue weighted by atomic mass is 9.85. The van der Waals surface area contributed by atoms with Crippen molar-refractivity contribution in [1.29, 1.82) is 0 Å². The van der Waals surface area contributed by atoms with Gasteiger partial charge in [0.25, 0.3) is 0 Å². The number of piperidine rings is 2. The zero-order valence-corrected chi connectivity index (χ0v) is 10.4. The fourth-order valence-electron chi connectivity index (χ4n) is 3.00. The van der Waals surface area contributed by atoms with Crippen LogP contribution in [-0.2, 0) is 0 Å². The largest absolute Gasteiger partial charge is 0.371 e. The summed E-state index contributed by atoms with van der Waals surface area (Å²) in [6, 6.07) is 5.03. The Kier molecular flexibility index (Phi) is 2.97. The van der Waals surface area contributed by atoms with Crippen LogP contribution in [0.3, 0.4) is 0 Å². The molecule has 2 fully saturated rings. The van der Waals surface area contributed by atoms with Gasteiger partial charge < -0.3 is 10.2 Å². The van der Waals surface area contributed by atoms with E-state index in [1.165, 1.54) is 12.5 Å².